The standard InChI is InChI=1S/C17H20N6O3/c1-4-26-16(24)14-11(3)18-17(25)19-13(14)9-23-21-15(20-22-23)12-7-5-10(2)6-8-12/h5-8,11H,4,9H2,1-3H3,(H2,18,19,25)/t11-/m0/s1. The number of nitrogens with one attached hydrogen (secondary N) is 2. The Morgan fingerprint density at radius 3 is 2.73 bits per heavy atom. The van der Waals surface area contributed by atoms with Crippen molar-refractivity contribution in [1.29, 1.82) is 0 Å². The highest BCUT2D eigenvalue weighted by Crippen LogP contribution is 2.17. The number of nitrogens with zero attached hydrogens (tertiary/aromatic N) is 4. The molecule has 9 heteroatoms. The number of esters is 1. The molecule has 0 bridgehead atoms. The molecule has 2 amide bonds. The van der Waals surface area contributed by atoms with E-state index in [4.69, 9.17) is 4.74 Å². The van der Waals surface area contributed by atoms with Crippen molar-refractivity contribution < 1.29 is 14.3 Å². The van der Waals surface area contributed by atoms with Crippen LogP contribution in [0, 0.1) is 6.92 Å². The van der Waals surface area contributed by atoms with Crippen LogP contribution in [-0.4, -0.2) is 44.9 Å². The first-order valence-electron chi connectivity index (χ1n) is 8.30. The summed E-state index contributed by atoms with van der Waals surface area (Å²) in [4.78, 5) is 25.4. The summed E-state index contributed by atoms with van der Waals surface area (Å²) in [6.07, 6.45) is 0. The molecule has 0 spiro atoms. The van der Waals surface area contributed by atoms with E-state index in [2.05, 4.69) is 26.0 Å². The summed E-state index contributed by atoms with van der Waals surface area (Å²) >= 11 is 0. The zero-order chi connectivity index (χ0) is 18.7. The second kappa shape index (κ2) is 7.34. The van der Waals surface area contributed by atoms with E-state index in [9.17, 15) is 9.59 Å². The van der Waals surface area contributed by atoms with E-state index < -0.39 is 12.0 Å². The van der Waals surface area contributed by atoms with E-state index in [-0.39, 0.29) is 19.2 Å². The minimum Gasteiger partial charge on any atom is -0.463 e. The average Bonchev–Trinajstić information content (AvgIpc) is 3.03. The molecule has 2 aromatic rings. The number of hydrogen-bond acceptors (Lipinski definition) is 6. The summed E-state index contributed by atoms with van der Waals surface area (Å²) in [6, 6.07) is 6.89. The number of amides is 2. The third-order valence-corrected chi connectivity index (χ3v) is 3.93. The van der Waals surface area contributed by atoms with Crippen LogP contribution in [0.4, 0.5) is 4.79 Å². The van der Waals surface area contributed by atoms with Crippen molar-refractivity contribution in [1.82, 2.24) is 30.8 Å². The molecule has 0 saturated heterocycles. The second-order valence-electron chi connectivity index (χ2n) is 5.94. The van der Waals surface area contributed by atoms with Crippen molar-refractivity contribution in [3.8, 4) is 11.4 Å². The highest BCUT2D eigenvalue weighted by molar-refractivity contribution is 5.94. The van der Waals surface area contributed by atoms with Gasteiger partial charge in [-0.2, -0.15) is 4.80 Å². The van der Waals surface area contributed by atoms with Gasteiger partial charge in [-0.15, -0.1) is 10.2 Å². The van der Waals surface area contributed by atoms with Crippen LogP contribution >= 0.6 is 0 Å². The molecule has 0 fully saturated rings. The van der Waals surface area contributed by atoms with Gasteiger partial charge in [-0.3, -0.25) is 0 Å². The van der Waals surface area contributed by atoms with Crippen LogP contribution in [0.2, 0.25) is 0 Å². The minimum absolute atomic E-state index is 0.102. The van der Waals surface area contributed by atoms with Crippen molar-refractivity contribution in [3.63, 3.8) is 0 Å². The van der Waals surface area contributed by atoms with Crippen molar-refractivity contribution in [2.45, 2.75) is 33.4 Å². The van der Waals surface area contributed by atoms with Crippen LogP contribution in [0.5, 0.6) is 0 Å². The van der Waals surface area contributed by atoms with Gasteiger partial charge in [-0.25, -0.2) is 9.59 Å². The first kappa shape index (κ1) is 17.6. The van der Waals surface area contributed by atoms with Crippen molar-refractivity contribution >= 4 is 12.0 Å². The van der Waals surface area contributed by atoms with Gasteiger partial charge in [0.25, 0.3) is 0 Å². The molecule has 0 aliphatic carbocycles. The summed E-state index contributed by atoms with van der Waals surface area (Å²) in [7, 11) is 0. The van der Waals surface area contributed by atoms with E-state index >= 15 is 0 Å². The van der Waals surface area contributed by atoms with Gasteiger partial charge in [0.1, 0.15) is 6.54 Å². The minimum atomic E-state index is -0.485. The van der Waals surface area contributed by atoms with Gasteiger partial charge in [-0.1, -0.05) is 29.8 Å². The molecule has 0 saturated carbocycles. The van der Waals surface area contributed by atoms with Crippen LogP contribution in [0.3, 0.4) is 0 Å². The molecule has 1 atom stereocenters. The molecule has 1 aromatic carbocycles. The Kier molecular flexibility index (Phi) is 4.97. The molecular formula is C17H20N6O3. The topological polar surface area (TPSA) is 111 Å². The maximum Gasteiger partial charge on any atom is 0.337 e. The lowest BCUT2D eigenvalue weighted by molar-refractivity contribution is -0.139. The molecule has 1 aliphatic heterocycles. The molecule has 1 aromatic heterocycles. The molecule has 2 N–H and O–H groups in total. The highest BCUT2D eigenvalue weighted by Gasteiger charge is 2.30. The SMILES string of the molecule is CCOC(=O)C1=C(Cn2nnc(-c3ccc(C)cc3)n2)NC(=O)N[C@H]1C. The predicted molar refractivity (Wildman–Crippen MR) is 92.8 cm³/mol. The van der Waals surface area contributed by atoms with Crippen LogP contribution < -0.4 is 10.6 Å². The van der Waals surface area contributed by atoms with Gasteiger partial charge in [0.05, 0.1) is 23.9 Å². The van der Waals surface area contributed by atoms with E-state index in [0.717, 1.165) is 11.1 Å². The van der Waals surface area contributed by atoms with E-state index in [1.165, 1.54) is 4.80 Å². The maximum absolute atomic E-state index is 12.2. The predicted octanol–water partition coefficient (Wildman–Crippen LogP) is 1.17. The number of aromatic nitrogens is 4. The smallest absolute Gasteiger partial charge is 0.337 e. The van der Waals surface area contributed by atoms with Crippen LogP contribution in [-0.2, 0) is 16.1 Å². The number of carbonyl (C=O) groups excluding carboxylic acids is 2. The molecule has 26 heavy (non-hydrogen) atoms. The molecule has 136 valence electrons. The highest BCUT2D eigenvalue weighted by atomic mass is 16.5. The Morgan fingerprint density at radius 1 is 1.31 bits per heavy atom. The number of tetrazole rings is 1. The van der Waals surface area contributed by atoms with Gasteiger partial charge in [-0.05, 0) is 26.0 Å². The first-order chi connectivity index (χ1) is 12.5. The quantitative estimate of drug-likeness (QED) is 0.778. The molecular weight excluding hydrogens is 336 g/mol. The Balaban J connectivity index is 1.87. The van der Waals surface area contributed by atoms with Gasteiger partial charge >= 0.3 is 12.0 Å². The number of rotatable bonds is 5. The molecule has 2 heterocycles. The monoisotopic (exact) mass is 356 g/mol. The van der Waals surface area contributed by atoms with Gasteiger partial charge in [0.2, 0.25) is 5.82 Å². The number of aryl methyl sites for hydroxylation is 1. The van der Waals surface area contributed by atoms with Crippen LogP contribution in [0.1, 0.15) is 19.4 Å². The Morgan fingerprint density at radius 2 is 2.04 bits per heavy atom. The lowest BCUT2D eigenvalue weighted by Crippen LogP contribution is -2.50. The number of ether oxygens (including phenoxy) is 1. The Hall–Kier alpha value is -3.23. The van der Waals surface area contributed by atoms with E-state index in [1.807, 2.05) is 31.2 Å². The third-order valence-electron chi connectivity index (χ3n) is 3.93. The first-order valence-corrected chi connectivity index (χ1v) is 8.30. The fourth-order valence-electron chi connectivity index (χ4n) is 2.67. The number of urea groups is 1. The lowest BCUT2D eigenvalue weighted by atomic mass is 10.0. The van der Waals surface area contributed by atoms with E-state index in [0.29, 0.717) is 17.1 Å². The van der Waals surface area contributed by atoms with Crippen molar-refractivity contribution in [3.05, 3.63) is 41.1 Å². The zero-order valence-electron chi connectivity index (χ0n) is 14.8. The van der Waals surface area contributed by atoms with Crippen molar-refractivity contribution in [2.75, 3.05) is 6.61 Å². The van der Waals surface area contributed by atoms with Gasteiger partial charge in [0, 0.05) is 5.56 Å². The molecule has 3 rings (SSSR count). The fourth-order valence-corrected chi connectivity index (χ4v) is 2.67. The Labute approximate surface area is 150 Å². The number of carbonyl (C=O) groups is 2. The summed E-state index contributed by atoms with van der Waals surface area (Å²) < 4.78 is 5.09. The molecule has 0 unspecified atom stereocenters. The van der Waals surface area contributed by atoms with Crippen LogP contribution in [0.25, 0.3) is 11.4 Å². The van der Waals surface area contributed by atoms with Crippen LogP contribution in [0.15, 0.2) is 35.5 Å². The summed E-state index contributed by atoms with van der Waals surface area (Å²) in [5.74, 6) is -0.0158. The number of hydrogen-bond donors (Lipinski definition) is 2. The lowest BCUT2D eigenvalue weighted by Gasteiger charge is -2.26. The third kappa shape index (κ3) is 3.71. The molecule has 0 radical (unpaired) electrons. The van der Waals surface area contributed by atoms with Gasteiger partial charge in [0.15, 0.2) is 0 Å². The fraction of sp³-hybridized carbons (Fsp3) is 0.353. The van der Waals surface area contributed by atoms with Crippen molar-refractivity contribution in [2.24, 2.45) is 0 Å². The van der Waals surface area contributed by atoms with Gasteiger partial charge < -0.3 is 15.4 Å². The molecule has 1 aliphatic rings. The van der Waals surface area contributed by atoms with E-state index in [1.54, 1.807) is 13.8 Å². The summed E-state index contributed by atoms with van der Waals surface area (Å²) in [5.41, 5.74) is 2.72. The number of benzene rings is 1. The zero-order valence-corrected chi connectivity index (χ0v) is 14.8. The number of allylic oxidation sites excluding steroid dienone is 1. The maximum atomic E-state index is 12.2. The second-order valence-corrected chi connectivity index (χ2v) is 5.94. The molecule has 9 nitrogen and oxygen atoms in total. The Bertz CT molecular complexity index is 856. The largest absolute Gasteiger partial charge is 0.463 e. The normalized spacial score (nSPS) is 16.9. The average molecular weight is 356 g/mol. The summed E-state index contributed by atoms with van der Waals surface area (Å²) in [6.45, 7) is 5.79. The summed E-state index contributed by atoms with van der Waals surface area (Å²) in [5, 5.41) is 17.7.